The number of carbonyl (C=O) groups is 1. The third-order valence-electron chi connectivity index (χ3n) is 3.78. The van der Waals surface area contributed by atoms with Crippen molar-refractivity contribution in [2.75, 3.05) is 13.1 Å². The molecule has 0 radical (unpaired) electrons. The summed E-state index contributed by atoms with van der Waals surface area (Å²) >= 11 is 0. The van der Waals surface area contributed by atoms with Crippen molar-refractivity contribution in [3.63, 3.8) is 0 Å². The van der Waals surface area contributed by atoms with E-state index in [0.717, 1.165) is 24.8 Å². The zero-order chi connectivity index (χ0) is 16.1. The molecule has 120 valence electrons. The molecule has 2 aromatic heterocycles. The van der Waals surface area contributed by atoms with Gasteiger partial charge >= 0.3 is 6.01 Å². The van der Waals surface area contributed by atoms with Crippen LogP contribution >= 0.6 is 0 Å². The molecule has 1 amide bonds. The van der Waals surface area contributed by atoms with Gasteiger partial charge in [-0.3, -0.25) is 4.79 Å². The lowest BCUT2D eigenvalue weighted by Crippen LogP contribution is -2.45. The Bertz CT molecular complexity index is 647. The fraction of sp³-hybridized carbons (Fsp3) is 0.438. The van der Waals surface area contributed by atoms with E-state index >= 15 is 0 Å². The first-order valence-corrected chi connectivity index (χ1v) is 7.80. The molecule has 0 aliphatic carbocycles. The van der Waals surface area contributed by atoms with E-state index in [0.29, 0.717) is 19.1 Å². The average molecular weight is 313 g/mol. The zero-order valence-electron chi connectivity index (χ0n) is 13.1. The third-order valence-corrected chi connectivity index (χ3v) is 3.78. The summed E-state index contributed by atoms with van der Waals surface area (Å²) in [4.78, 5) is 30.6. The summed E-state index contributed by atoms with van der Waals surface area (Å²) in [6, 6.07) is 2.05. The molecule has 1 saturated heterocycles. The summed E-state index contributed by atoms with van der Waals surface area (Å²) in [5, 5.41) is 0. The number of piperidine rings is 1. The van der Waals surface area contributed by atoms with Crippen molar-refractivity contribution in [2.45, 2.75) is 32.3 Å². The maximum Gasteiger partial charge on any atom is 0.316 e. The van der Waals surface area contributed by atoms with Crippen molar-refractivity contribution < 1.29 is 9.53 Å². The highest BCUT2D eigenvalue weighted by Gasteiger charge is 2.27. The van der Waals surface area contributed by atoms with Crippen LogP contribution in [0.1, 0.15) is 35.9 Å². The summed E-state index contributed by atoms with van der Waals surface area (Å²) in [5.41, 5.74) is 1.07. The largest absolute Gasteiger partial charge is 0.458 e. The lowest BCUT2D eigenvalue weighted by molar-refractivity contribution is 0.0505. The SMILES string of the molecule is CCc1cnc(OC2CCCN(C(=O)c3ncccn3)C2)nc1. The molecule has 23 heavy (non-hydrogen) atoms. The van der Waals surface area contributed by atoms with Crippen molar-refractivity contribution in [1.82, 2.24) is 24.8 Å². The number of ether oxygens (including phenoxy) is 1. The molecule has 0 spiro atoms. The normalized spacial score (nSPS) is 17.8. The lowest BCUT2D eigenvalue weighted by Gasteiger charge is -2.31. The molecule has 1 aliphatic rings. The second-order valence-corrected chi connectivity index (χ2v) is 5.43. The summed E-state index contributed by atoms with van der Waals surface area (Å²) in [5.74, 6) is 0.0536. The number of likely N-dealkylation sites (tertiary alicyclic amines) is 1. The van der Waals surface area contributed by atoms with Gasteiger partial charge in [-0.2, -0.15) is 0 Å². The fourth-order valence-electron chi connectivity index (χ4n) is 2.51. The van der Waals surface area contributed by atoms with E-state index in [9.17, 15) is 4.79 Å². The standard InChI is InChI=1S/C16H19N5O2/c1-2-12-9-19-16(20-10-12)23-13-5-3-8-21(11-13)15(22)14-17-6-4-7-18-14/h4,6-7,9-10,13H,2-3,5,8,11H2,1H3. The Balaban J connectivity index is 1.62. The molecule has 1 aliphatic heterocycles. The van der Waals surface area contributed by atoms with Crippen LogP contribution < -0.4 is 4.74 Å². The molecule has 1 fully saturated rings. The Morgan fingerprint density at radius 2 is 2.00 bits per heavy atom. The van der Waals surface area contributed by atoms with Crippen LogP contribution in [0.2, 0.25) is 0 Å². The van der Waals surface area contributed by atoms with Crippen LogP contribution in [0.4, 0.5) is 0 Å². The fourth-order valence-corrected chi connectivity index (χ4v) is 2.51. The number of hydrogen-bond donors (Lipinski definition) is 0. The molecule has 1 unspecified atom stereocenters. The van der Waals surface area contributed by atoms with Crippen LogP contribution in [0, 0.1) is 0 Å². The van der Waals surface area contributed by atoms with Gasteiger partial charge in [0.05, 0.1) is 6.54 Å². The molecule has 7 nitrogen and oxygen atoms in total. The van der Waals surface area contributed by atoms with Crippen LogP contribution in [-0.2, 0) is 6.42 Å². The number of amides is 1. The Hall–Kier alpha value is -2.57. The molecule has 3 rings (SSSR count). The van der Waals surface area contributed by atoms with Crippen molar-refractivity contribution in [2.24, 2.45) is 0 Å². The van der Waals surface area contributed by atoms with Crippen molar-refractivity contribution in [3.8, 4) is 6.01 Å². The van der Waals surface area contributed by atoms with Gasteiger partial charge in [0.15, 0.2) is 0 Å². The average Bonchev–Trinajstić information content (AvgIpc) is 2.63. The first kappa shape index (κ1) is 15.3. The first-order chi connectivity index (χ1) is 11.3. The van der Waals surface area contributed by atoms with E-state index in [2.05, 4.69) is 26.9 Å². The van der Waals surface area contributed by atoms with Gasteiger partial charge in [0.2, 0.25) is 5.82 Å². The second-order valence-electron chi connectivity index (χ2n) is 5.43. The first-order valence-electron chi connectivity index (χ1n) is 7.80. The van der Waals surface area contributed by atoms with Crippen LogP contribution in [0.5, 0.6) is 6.01 Å². The van der Waals surface area contributed by atoms with Crippen molar-refractivity contribution in [3.05, 3.63) is 42.2 Å². The number of rotatable bonds is 4. The minimum atomic E-state index is -0.166. The van der Waals surface area contributed by atoms with Crippen molar-refractivity contribution >= 4 is 5.91 Å². The molecule has 0 N–H and O–H groups in total. The van der Waals surface area contributed by atoms with Gasteiger partial charge in [-0.25, -0.2) is 19.9 Å². The molecular weight excluding hydrogens is 294 g/mol. The molecule has 1 atom stereocenters. The lowest BCUT2D eigenvalue weighted by atomic mass is 10.1. The van der Waals surface area contributed by atoms with Gasteiger partial charge in [0.25, 0.3) is 5.91 Å². The zero-order valence-corrected chi connectivity index (χ0v) is 13.1. The maximum absolute atomic E-state index is 12.4. The number of nitrogens with zero attached hydrogens (tertiary/aromatic N) is 5. The van der Waals surface area contributed by atoms with E-state index in [4.69, 9.17) is 4.74 Å². The topological polar surface area (TPSA) is 81.1 Å². The Kier molecular flexibility index (Phi) is 4.75. The summed E-state index contributed by atoms with van der Waals surface area (Å²) in [6.45, 7) is 3.23. The van der Waals surface area contributed by atoms with E-state index in [1.165, 1.54) is 0 Å². The summed E-state index contributed by atoms with van der Waals surface area (Å²) in [7, 11) is 0. The monoisotopic (exact) mass is 313 g/mol. The third kappa shape index (κ3) is 3.80. The molecule has 0 aromatic carbocycles. The summed E-state index contributed by atoms with van der Waals surface area (Å²) in [6.07, 6.45) is 9.21. The van der Waals surface area contributed by atoms with Gasteiger partial charge < -0.3 is 9.64 Å². The Morgan fingerprint density at radius 3 is 2.70 bits per heavy atom. The van der Waals surface area contributed by atoms with Crippen molar-refractivity contribution in [1.29, 1.82) is 0 Å². The van der Waals surface area contributed by atoms with Gasteiger partial charge in [0, 0.05) is 31.3 Å². The van der Waals surface area contributed by atoms with Crippen LogP contribution in [0.15, 0.2) is 30.9 Å². The van der Waals surface area contributed by atoms with Gasteiger partial charge in [0.1, 0.15) is 6.10 Å². The number of hydrogen-bond acceptors (Lipinski definition) is 6. The van der Waals surface area contributed by atoms with Gasteiger partial charge in [-0.05, 0) is 30.9 Å². The van der Waals surface area contributed by atoms with Crippen LogP contribution in [-0.4, -0.2) is 49.9 Å². The number of aromatic nitrogens is 4. The van der Waals surface area contributed by atoms with Gasteiger partial charge in [-0.1, -0.05) is 6.92 Å². The van der Waals surface area contributed by atoms with Crippen LogP contribution in [0.3, 0.4) is 0 Å². The number of carbonyl (C=O) groups excluding carboxylic acids is 1. The maximum atomic E-state index is 12.4. The molecule has 7 heteroatoms. The smallest absolute Gasteiger partial charge is 0.316 e. The van der Waals surface area contributed by atoms with E-state index in [-0.39, 0.29) is 17.8 Å². The Labute approximate surface area is 134 Å². The highest BCUT2D eigenvalue weighted by Crippen LogP contribution is 2.16. The highest BCUT2D eigenvalue weighted by molar-refractivity contribution is 5.90. The molecule has 2 aromatic rings. The minimum absolute atomic E-state index is 0.108. The molecule has 0 saturated carbocycles. The molecule has 0 bridgehead atoms. The highest BCUT2D eigenvalue weighted by atomic mass is 16.5. The Morgan fingerprint density at radius 1 is 1.26 bits per heavy atom. The molecular formula is C16H19N5O2. The summed E-state index contributed by atoms with van der Waals surface area (Å²) < 4.78 is 5.81. The predicted octanol–water partition coefficient (Wildman–Crippen LogP) is 1.51. The number of aryl methyl sites for hydroxylation is 1. The quantitative estimate of drug-likeness (QED) is 0.851. The van der Waals surface area contributed by atoms with Crippen LogP contribution in [0.25, 0.3) is 0 Å². The van der Waals surface area contributed by atoms with Gasteiger partial charge in [-0.15, -0.1) is 0 Å². The predicted molar refractivity (Wildman–Crippen MR) is 83.0 cm³/mol. The van der Waals surface area contributed by atoms with E-state index in [1.54, 1.807) is 35.8 Å². The minimum Gasteiger partial charge on any atom is -0.458 e. The van der Waals surface area contributed by atoms with E-state index in [1.807, 2.05) is 0 Å². The van der Waals surface area contributed by atoms with E-state index < -0.39 is 0 Å². The molecule has 3 heterocycles. The second kappa shape index (κ2) is 7.13.